The zero-order chi connectivity index (χ0) is 20.6. The molecule has 0 amide bonds. The molecule has 2 atom stereocenters. The van der Waals surface area contributed by atoms with Gasteiger partial charge >= 0.3 is 0 Å². The highest BCUT2D eigenvalue weighted by Gasteiger charge is 2.28. The van der Waals surface area contributed by atoms with Crippen LogP contribution < -0.4 is 10.6 Å². The molecule has 3 N–H and O–H groups in total. The number of ether oxygens (including phenoxy) is 1. The Kier molecular flexibility index (Phi) is 8.00. The predicted molar refractivity (Wildman–Crippen MR) is 119 cm³/mol. The van der Waals surface area contributed by atoms with Crippen molar-refractivity contribution in [1.82, 2.24) is 15.3 Å². The second kappa shape index (κ2) is 10.7. The number of nitrogens with one attached hydrogen (secondary N) is 2. The Hall–Kier alpha value is -2.00. The van der Waals surface area contributed by atoms with Crippen molar-refractivity contribution in [2.75, 3.05) is 38.2 Å². The Morgan fingerprint density at radius 1 is 1.17 bits per heavy atom. The van der Waals surface area contributed by atoms with Gasteiger partial charge in [0.1, 0.15) is 10.7 Å². The molecular weight excluding hydrogens is 386 g/mol. The molecule has 29 heavy (non-hydrogen) atoms. The standard InChI is InChI=1S/C21H29N5O2S/c1-14-10-15(2)12-17(11-14)25-21-23-5-4-18(26-21)20-24-16(3)19(29-20)13-22-6-8-28-9-7-27/h4-5,10-12,16,19,22,27H,6-9,13H2,1-3H3,(H,23,25,26). The number of rotatable bonds is 10. The number of anilines is 2. The normalized spacial score (nSPS) is 18.7. The number of benzene rings is 1. The van der Waals surface area contributed by atoms with Crippen LogP contribution in [-0.4, -0.2) is 64.3 Å². The van der Waals surface area contributed by atoms with Crippen LogP contribution in [0.3, 0.4) is 0 Å². The Balaban J connectivity index is 1.57. The third-order valence-corrected chi connectivity index (χ3v) is 5.88. The largest absolute Gasteiger partial charge is 0.394 e. The third kappa shape index (κ3) is 6.50. The number of aryl methyl sites for hydroxylation is 2. The molecule has 1 aromatic heterocycles. The van der Waals surface area contributed by atoms with E-state index < -0.39 is 0 Å². The van der Waals surface area contributed by atoms with Crippen LogP contribution in [-0.2, 0) is 4.74 Å². The lowest BCUT2D eigenvalue weighted by atomic mass is 10.1. The van der Waals surface area contributed by atoms with E-state index in [0.717, 1.165) is 29.5 Å². The summed E-state index contributed by atoms with van der Waals surface area (Å²) in [5, 5.41) is 16.7. The van der Waals surface area contributed by atoms with Crippen LogP contribution in [0.1, 0.15) is 23.7 Å². The first kappa shape index (κ1) is 21.7. The van der Waals surface area contributed by atoms with Crippen molar-refractivity contribution in [2.45, 2.75) is 32.1 Å². The van der Waals surface area contributed by atoms with Crippen LogP contribution in [0.2, 0.25) is 0 Å². The van der Waals surface area contributed by atoms with Crippen LogP contribution in [0, 0.1) is 13.8 Å². The summed E-state index contributed by atoms with van der Waals surface area (Å²) in [5.41, 5.74) is 4.23. The van der Waals surface area contributed by atoms with Crippen molar-refractivity contribution in [3.05, 3.63) is 47.3 Å². The maximum atomic E-state index is 8.72. The third-order valence-electron chi connectivity index (χ3n) is 4.48. The highest BCUT2D eigenvalue weighted by molar-refractivity contribution is 8.15. The summed E-state index contributed by atoms with van der Waals surface area (Å²) >= 11 is 1.75. The van der Waals surface area contributed by atoms with Crippen LogP contribution in [0.15, 0.2) is 35.5 Å². The van der Waals surface area contributed by atoms with Crippen LogP contribution in [0.5, 0.6) is 0 Å². The van der Waals surface area contributed by atoms with Gasteiger partial charge in [0.05, 0.1) is 25.9 Å². The number of thioether (sulfide) groups is 1. The number of hydrogen-bond donors (Lipinski definition) is 3. The van der Waals surface area contributed by atoms with Gasteiger partial charge < -0.3 is 20.5 Å². The number of aliphatic hydroxyl groups excluding tert-OH is 1. The van der Waals surface area contributed by atoms with Gasteiger partial charge in [0, 0.05) is 30.2 Å². The van der Waals surface area contributed by atoms with E-state index in [-0.39, 0.29) is 12.6 Å². The van der Waals surface area contributed by atoms with E-state index in [1.807, 2.05) is 6.07 Å². The van der Waals surface area contributed by atoms with Crippen molar-refractivity contribution in [1.29, 1.82) is 0 Å². The zero-order valence-electron chi connectivity index (χ0n) is 17.2. The summed E-state index contributed by atoms with van der Waals surface area (Å²) < 4.78 is 5.27. The van der Waals surface area contributed by atoms with Gasteiger partial charge in [-0.15, -0.1) is 0 Å². The number of hydrogen-bond acceptors (Lipinski definition) is 8. The molecule has 3 rings (SSSR count). The van der Waals surface area contributed by atoms with Crippen molar-refractivity contribution in [3.8, 4) is 0 Å². The predicted octanol–water partition coefficient (Wildman–Crippen LogP) is 2.69. The average molecular weight is 416 g/mol. The minimum Gasteiger partial charge on any atom is -0.394 e. The minimum atomic E-state index is 0.0615. The summed E-state index contributed by atoms with van der Waals surface area (Å²) in [6, 6.07) is 8.43. The van der Waals surface area contributed by atoms with E-state index in [4.69, 9.17) is 14.8 Å². The molecule has 0 spiro atoms. The summed E-state index contributed by atoms with van der Waals surface area (Å²) in [5.74, 6) is 0.575. The molecule has 0 saturated carbocycles. The number of aliphatic hydroxyl groups is 1. The smallest absolute Gasteiger partial charge is 0.227 e. The Labute approximate surface area is 176 Å². The van der Waals surface area contributed by atoms with Crippen LogP contribution in [0.25, 0.3) is 0 Å². The molecule has 2 unspecified atom stereocenters. The van der Waals surface area contributed by atoms with E-state index in [1.165, 1.54) is 11.1 Å². The minimum absolute atomic E-state index is 0.0615. The monoisotopic (exact) mass is 415 g/mol. The molecule has 2 aromatic rings. The van der Waals surface area contributed by atoms with E-state index in [0.29, 0.717) is 24.4 Å². The Bertz CT molecular complexity index is 825. The van der Waals surface area contributed by atoms with E-state index in [1.54, 1.807) is 18.0 Å². The molecule has 2 heterocycles. The topological polar surface area (TPSA) is 91.7 Å². The Morgan fingerprint density at radius 2 is 1.97 bits per heavy atom. The first-order valence-electron chi connectivity index (χ1n) is 9.87. The maximum Gasteiger partial charge on any atom is 0.227 e. The average Bonchev–Trinajstić information content (AvgIpc) is 3.05. The lowest BCUT2D eigenvalue weighted by Crippen LogP contribution is -2.31. The van der Waals surface area contributed by atoms with Crippen molar-refractivity contribution in [2.24, 2.45) is 4.99 Å². The van der Waals surface area contributed by atoms with Crippen molar-refractivity contribution >= 4 is 28.4 Å². The fourth-order valence-corrected chi connectivity index (χ4v) is 4.36. The van der Waals surface area contributed by atoms with Gasteiger partial charge in [0.2, 0.25) is 5.95 Å². The molecule has 1 aromatic carbocycles. The number of aliphatic imine (C=N–C) groups is 1. The molecule has 0 aliphatic carbocycles. The zero-order valence-corrected chi connectivity index (χ0v) is 18.0. The van der Waals surface area contributed by atoms with Crippen LogP contribution >= 0.6 is 11.8 Å². The van der Waals surface area contributed by atoms with E-state index in [9.17, 15) is 0 Å². The molecule has 1 aliphatic heterocycles. The molecule has 8 heteroatoms. The number of aromatic nitrogens is 2. The van der Waals surface area contributed by atoms with Gasteiger partial charge in [0.25, 0.3) is 0 Å². The molecule has 156 valence electrons. The summed E-state index contributed by atoms with van der Waals surface area (Å²) in [7, 11) is 0. The molecule has 0 saturated heterocycles. The van der Waals surface area contributed by atoms with Gasteiger partial charge in [-0.3, -0.25) is 4.99 Å². The van der Waals surface area contributed by atoms with Gasteiger partial charge in [-0.2, -0.15) is 0 Å². The molecule has 0 fully saturated rings. The summed E-state index contributed by atoms with van der Waals surface area (Å²) in [4.78, 5) is 13.8. The molecular formula is C21H29N5O2S. The van der Waals surface area contributed by atoms with Gasteiger partial charge in [-0.05, 0) is 50.1 Å². The molecule has 0 bridgehead atoms. The first-order chi connectivity index (χ1) is 14.0. The lowest BCUT2D eigenvalue weighted by Gasteiger charge is -2.14. The van der Waals surface area contributed by atoms with Gasteiger partial charge in [-0.1, -0.05) is 17.8 Å². The number of nitrogens with zero attached hydrogens (tertiary/aromatic N) is 3. The quantitative estimate of drug-likeness (QED) is 0.514. The molecule has 1 aliphatic rings. The van der Waals surface area contributed by atoms with Crippen molar-refractivity contribution < 1.29 is 9.84 Å². The fraction of sp³-hybridized carbons (Fsp3) is 0.476. The highest BCUT2D eigenvalue weighted by Crippen LogP contribution is 2.29. The van der Waals surface area contributed by atoms with Gasteiger partial charge in [0.15, 0.2) is 0 Å². The summed E-state index contributed by atoms with van der Waals surface area (Å²) in [6.07, 6.45) is 1.77. The SMILES string of the molecule is Cc1cc(C)cc(Nc2nccc(C3=NC(C)C(CNCCOCCO)S3)n2)c1. The van der Waals surface area contributed by atoms with Gasteiger partial charge in [-0.25, -0.2) is 9.97 Å². The maximum absolute atomic E-state index is 8.72. The van der Waals surface area contributed by atoms with E-state index >= 15 is 0 Å². The molecule has 7 nitrogen and oxygen atoms in total. The summed E-state index contributed by atoms with van der Waals surface area (Å²) in [6.45, 7) is 8.93. The molecule has 0 radical (unpaired) electrons. The second-order valence-corrected chi connectivity index (χ2v) is 8.37. The Morgan fingerprint density at radius 3 is 2.72 bits per heavy atom. The first-order valence-corrected chi connectivity index (χ1v) is 10.8. The lowest BCUT2D eigenvalue weighted by molar-refractivity contribution is 0.0940. The fourth-order valence-electron chi connectivity index (χ4n) is 3.15. The van der Waals surface area contributed by atoms with Crippen molar-refractivity contribution in [3.63, 3.8) is 0 Å². The second-order valence-electron chi connectivity index (χ2n) is 7.14. The van der Waals surface area contributed by atoms with Crippen LogP contribution in [0.4, 0.5) is 11.6 Å². The van der Waals surface area contributed by atoms with E-state index in [2.05, 4.69) is 59.6 Å². The highest BCUT2D eigenvalue weighted by atomic mass is 32.2.